The summed E-state index contributed by atoms with van der Waals surface area (Å²) in [5.74, 6) is 0.856. The molecule has 2 aliphatic heterocycles. The lowest BCUT2D eigenvalue weighted by atomic mass is 10.3. The van der Waals surface area contributed by atoms with Gasteiger partial charge in [-0.1, -0.05) is 0 Å². The molecule has 3 heterocycles. The van der Waals surface area contributed by atoms with Gasteiger partial charge >= 0.3 is 6.03 Å². The maximum absolute atomic E-state index is 12.5. The van der Waals surface area contributed by atoms with Crippen molar-refractivity contribution in [1.29, 1.82) is 0 Å². The van der Waals surface area contributed by atoms with Crippen LogP contribution in [0.3, 0.4) is 0 Å². The second-order valence-electron chi connectivity index (χ2n) is 5.95. The Balaban J connectivity index is 1.52. The van der Waals surface area contributed by atoms with E-state index in [4.69, 9.17) is 9.47 Å². The Morgan fingerprint density at radius 1 is 1.13 bits per heavy atom. The smallest absolute Gasteiger partial charge is 0.320 e. The fraction of sp³-hybridized carbons (Fsp3) is 0.667. The number of nitrogens with zero attached hydrogens (tertiary/aromatic N) is 5. The molecule has 1 aromatic rings. The van der Waals surface area contributed by atoms with Gasteiger partial charge in [0.05, 0.1) is 26.0 Å². The van der Waals surface area contributed by atoms with E-state index in [0.717, 1.165) is 32.6 Å². The molecule has 1 atom stereocenters. The Morgan fingerprint density at radius 3 is 2.61 bits per heavy atom. The zero-order chi connectivity index (χ0) is 16.2. The lowest BCUT2D eigenvalue weighted by Gasteiger charge is -2.34. The maximum atomic E-state index is 12.5. The van der Waals surface area contributed by atoms with Crippen LogP contribution in [0.1, 0.15) is 6.42 Å². The Labute approximate surface area is 136 Å². The molecule has 0 aromatic carbocycles. The molecule has 2 amide bonds. The quantitative estimate of drug-likeness (QED) is 0.798. The first-order chi connectivity index (χ1) is 11.2. The summed E-state index contributed by atoms with van der Waals surface area (Å²) >= 11 is 0. The SMILES string of the molecule is COc1cncc(O[C@@H]2CCN(C(=O)N3CCN(C)CC3)C2)n1. The van der Waals surface area contributed by atoms with Crippen molar-refractivity contribution in [3.63, 3.8) is 0 Å². The zero-order valence-corrected chi connectivity index (χ0v) is 13.6. The summed E-state index contributed by atoms with van der Waals surface area (Å²) < 4.78 is 10.9. The minimum Gasteiger partial charge on any atom is -0.480 e. The highest BCUT2D eigenvalue weighted by molar-refractivity contribution is 5.75. The van der Waals surface area contributed by atoms with E-state index in [0.29, 0.717) is 24.8 Å². The van der Waals surface area contributed by atoms with Crippen molar-refractivity contribution in [3.8, 4) is 11.8 Å². The molecule has 1 aromatic heterocycles. The molecule has 126 valence electrons. The molecule has 0 N–H and O–H groups in total. The number of amides is 2. The first-order valence-corrected chi connectivity index (χ1v) is 7.91. The van der Waals surface area contributed by atoms with Gasteiger partial charge in [0.2, 0.25) is 11.8 Å². The highest BCUT2D eigenvalue weighted by atomic mass is 16.5. The van der Waals surface area contributed by atoms with Gasteiger partial charge in [0.1, 0.15) is 6.10 Å². The van der Waals surface area contributed by atoms with Crippen molar-refractivity contribution in [1.82, 2.24) is 24.7 Å². The summed E-state index contributed by atoms with van der Waals surface area (Å²) in [6.07, 6.45) is 3.85. The number of hydrogen-bond acceptors (Lipinski definition) is 6. The molecular weight excluding hydrogens is 298 g/mol. The highest BCUT2D eigenvalue weighted by Crippen LogP contribution is 2.19. The van der Waals surface area contributed by atoms with E-state index in [9.17, 15) is 4.79 Å². The minimum atomic E-state index is -0.0483. The predicted molar refractivity (Wildman–Crippen MR) is 83.7 cm³/mol. The molecule has 8 nitrogen and oxygen atoms in total. The number of piperazine rings is 1. The molecule has 0 unspecified atom stereocenters. The molecule has 3 rings (SSSR count). The molecule has 0 aliphatic carbocycles. The molecule has 0 saturated carbocycles. The number of rotatable bonds is 3. The van der Waals surface area contributed by atoms with E-state index < -0.39 is 0 Å². The highest BCUT2D eigenvalue weighted by Gasteiger charge is 2.31. The van der Waals surface area contributed by atoms with Gasteiger partial charge in [-0.2, -0.15) is 4.98 Å². The van der Waals surface area contributed by atoms with Crippen molar-refractivity contribution in [3.05, 3.63) is 12.4 Å². The van der Waals surface area contributed by atoms with Gasteiger partial charge in [0.25, 0.3) is 0 Å². The lowest BCUT2D eigenvalue weighted by Crippen LogP contribution is -2.51. The molecule has 8 heteroatoms. The average Bonchev–Trinajstić information content (AvgIpc) is 3.03. The summed E-state index contributed by atoms with van der Waals surface area (Å²) in [5.41, 5.74) is 0. The van der Waals surface area contributed by atoms with Crippen LogP contribution in [0.5, 0.6) is 11.8 Å². The van der Waals surface area contributed by atoms with Crippen molar-refractivity contribution >= 4 is 6.03 Å². The average molecular weight is 321 g/mol. The minimum absolute atomic E-state index is 0.0483. The zero-order valence-electron chi connectivity index (χ0n) is 13.6. The second-order valence-corrected chi connectivity index (χ2v) is 5.95. The van der Waals surface area contributed by atoms with Gasteiger partial charge in [0, 0.05) is 39.1 Å². The number of aromatic nitrogens is 2. The number of methoxy groups -OCH3 is 1. The van der Waals surface area contributed by atoms with Crippen LogP contribution in [-0.2, 0) is 0 Å². The molecule has 2 saturated heterocycles. The van der Waals surface area contributed by atoms with E-state index in [-0.39, 0.29) is 12.1 Å². The Hall–Kier alpha value is -2.09. The number of hydrogen-bond donors (Lipinski definition) is 0. The molecular formula is C15H23N5O3. The Bertz CT molecular complexity index is 548. The third-order valence-electron chi connectivity index (χ3n) is 4.28. The van der Waals surface area contributed by atoms with Crippen molar-refractivity contribution in [2.75, 3.05) is 53.4 Å². The van der Waals surface area contributed by atoms with Crippen LogP contribution in [-0.4, -0.2) is 90.2 Å². The van der Waals surface area contributed by atoms with Crippen molar-refractivity contribution in [2.24, 2.45) is 0 Å². The number of carbonyl (C=O) groups is 1. The van der Waals surface area contributed by atoms with Crippen molar-refractivity contribution < 1.29 is 14.3 Å². The topological polar surface area (TPSA) is 71.0 Å². The summed E-state index contributed by atoms with van der Waals surface area (Å²) in [6.45, 7) is 4.74. The monoisotopic (exact) mass is 321 g/mol. The van der Waals surface area contributed by atoms with Crippen LogP contribution < -0.4 is 9.47 Å². The van der Waals surface area contributed by atoms with Gasteiger partial charge in [-0.05, 0) is 7.05 Å². The van der Waals surface area contributed by atoms with E-state index in [1.807, 2.05) is 9.80 Å². The third kappa shape index (κ3) is 3.82. The van der Waals surface area contributed by atoms with Gasteiger partial charge in [-0.25, -0.2) is 4.79 Å². The van der Waals surface area contributed by atoms with E-state index in [1.165, 1.54) is 6.20 Å². The molecule has 0 bridgehead atoms. The van der Waals surface area contributed by atoms with Crippen molar-refractivity contribution in [2.45, 2.75) is 12.5 Å². The Kier molecular flexibility index (Phi) is 4.80. The summed E-state index contributed by atoms with van der Waals surface area (Å²) in [5, 5.41) is 0. The standard InChI is InChI=1S/C15H23N5O3/c1-18-5-7-19(8-6-18)15(21)20-4-3-12(11-20)23-14-10-16-9-13(17-14)22-2/h9-10,12H,3-8,11H2,1-2H3/t12-/m1/s1. The van der Waals surface area contributed by atoms with Gasteiger partial charge in [0.15, 0.2) is 0 Å². The van der Waals surface area contributed by atoms with Gasteiger partial charge < -0.3 is 24.2 Å². The number of likely N-dealkylation sites (N-methyl/N-ethyl adjacent to an activating group) is 1. The van der Waals surface area contributed by atoms with E-state index >= 15 is 0 Å². The normalized spacial score (nSPS) is 22.3. The van der Waals surface area contributed by atoms with Gasteiger partial charge in [-0.15, -0.1) is 0 Å². The van der Waals surface area contributed by atoms with Crippen LogP contribution in [0.4, 0.5) is 4.79 Å². The molecule has 2 aliphatic rings. The maximum Gasteiger partial charge on any atom is 0.320 e. The summed E-state index contributed by atoms with van der Waals surface area (Å²) in [4.78, 5) is 26.8. The molecule has 23 heavy (non-hydrogen) atoms. The Morgan fingerprint density at radius 2 is 1.87 bits per heavy atom. The fourth-order valence-electron chi connectivity index (χ4n) is 2.85. The van der Waals surface area contributed by atoms with Gasteiger partial charge in [-0.3, -0.25) is 4.98 Å². The largest absolute Gasteiger partial charge is 0.480 e. The van der Waals surface area contributed by atoms with Crippen LogP contribution in [0.2, 0.25) is 0 Å². The molecule has 0 spiro atoms. The molecule has 2 fully saturated rings. The summed E-state index contributed by atoms with van der Waals surface area (Å²) in [6, 6.07) is 0.112. The lowest BCUT2D eigenvalue weighted by molar-refractivity contribution is 0.123. The number of carbonyl (C=O) groups excluding carboxylic acids is 1. The van der Waals surface area contributed by atoms with Crippen LogP contribution in [0.25, 0.3) is 0 Å². The van der Waals surface area contributed by atoms with E-state index in [1.54, 1.807) is 13.3 Å². The van der Waals surface area contributed by atoms with Crippen LogP contribution in [0, 0.1) is 0 Å². The first kappa shape index (κ1) is 15.8. The second kappa shape index (κ2) is 6.99. The number of likely N-dealkylation sites (tertiary alicyclic amines) is 1. The molecule has 0 radical (unpaired) electrons. The fourth-order valence-corrected chi connectivity index (χ4v) is 2.85. The number of urea groups is 1. The first-order valence-electron chi connectivity index (χ1n) is 7.91. The number of ether oxygens (including phenoxy) is 2. The predicted octanol–water partition coefficient (Wildman–Crippen LogP) is 0.306. The van der Waals surface area contributed by atoms with E-state index in [2.05, 4.69) is 21.9 Å². The van der Waals surface area contributed by atoms with Crippen LogP contribution >= 0.6 is 0 Å². The summed E-state index contributed by atoms with van der Waals surface area (Å²) in [7, 11) is 3.62. The van der Waals surface area contributed by atoms with Crippen LogP contribution in [0.15, 0.2) is 12.4 Å². The third-order valence-corrected chi connectivity index (χ3v) is 4.28.